The Morgan fingerprint density at radius 2 is 1.44 bits per heavy atom. The molecule has 2 heterocycles. The maximum Gasteiger partial charge on any atom is 0.257 e. The van der Waals surface area contributed by atoms with Crippen LogP contribution in [0.4, 0.5) is 0 Å². The lowest BCUT2D eigenvalue weighted by Gasteiger charge is -2.44. The van der Waals surface area contributed by atoms with Crippen molar-refractivity contribution in [1.29, 1.82) is 0 Å². The molecule has 1 aromatic rings. The predicted molar refractivity (Wildman–Crippen MR) is 164 cm³/mol. The van der Waals surface area contributed by atoms with Crippen molar-refractivity contribution in [3.05, 3.63) is 24.2 Å². The lowest BCUT2D eigenvalue weighted by molar-refractivity contribution is -0.129. The molecule has 0 saturated carbocycles. The number of furan rings is 1. The fraction of sp³-hybridized carbons (Fsp3) is 0.800. The zero-order chi connectivity index (χ0) is 30.4. The van der Waals surface area contributed by atoms with E-state index in [1.54, 1.807) is 11.0 Å². The van der Waals surface area contributed by atoms with Crippen LogP contribution in [0.5, 0.6) is 0 Å². The first-order chi connectivity index (χ1) is 17.3. The van der Waals surface area contributed by atoms with Gasteiger partial charge < -0.3 is 23.5 Å². The smallest absolute Gasteiger partial charge is 0.257 e. The highest BCUT2D eigenvalue weighted by Gasteiger charge is 2.55. The first kappa shape index (κ1) is 33.8. The van der Waals surface area contributed by atoms with Crippen LogP contribution in [0, 0.1) is 5.41 Å². The molecule has 224 valence electrons. The van der Waals surface area contributed by atoms with Crippen molar-refractivity contribution in [2.75, 3.05) is 6.54 Å². The topological polar surface area (TPSA) is 81.0 Å². The zero-order valence-electron chi connectivity index (χ0n) is 27.4. The summed E-state index contributed by atoms with van der Waals surface area (Å²) in [4.78, 5) is 29.7. The van der Waals surface area contributed by atoms with E-state index < -0.39 is 40.4 Å². The van der Waals surface area contributed by atoms with Crippen LogP contribution in [-0.4, -0.2) is 63.7 Å². The van der Waals surface area contributed by atoms with Gasteiger partial charge in [0.05, 0.1) is 17.9 Å². The van der Waals surface area contributed by atoms with E-state index in [0.717, 1.165) is 6.42 Å². The minimum absolute atomic E-state index is 0.0176. The Morgan fingerprint density at radius 3 is 1.87 bits per heavy atom. The molecule has 39 heavy (non-hydrogen) atoms. The molecule has 1 aliphatic rings. The molecule has 2 rings (SSSR count). The van der Waals surface area contributed by atoms with Crippen LogP contribution in [0.15, 0.2) is 23.0 Å². The first-order valence-corrected chi connectivity index (χ1v) is 20.1. The first-order valence-electron chi connectivity index (χ1n) is 14.3. The molecule has 1 N–H and O–H groups in total. The SMILES string of the molecule is CC(C)(C)CC(C)(C)NC(=O)C1[C@H](O[Si](C)(C)C(C)(C)C)[C@@H](O[Si](C)(C)C(C)(C)C)CN1C(=O)c1ccoc1. The third-order valence-corrected chi connectivity index (χ3v) is 17.6. The summed E-state index contributed by atoms with van der Waals surface area (Å²) in [6, 6.07) is 0.822. The number of amides is 2. The molecule has 0 radical (unpaired) electrons. The molecule has 0 spiro atoms. The van der Waals surface area contributed by atoms with Crippen LogP contribution in [0.2, 0.25) is 36.3 Å². The van der Waals surface area contributed by atoms with Gasteiger partial charge in [0.1, 0.15) is 18.4 Å². The van der Waals surface area contributed by atoms with Gasteiger partial charge >= 0.3 is 0 Å². The maximum atomic E-state index is 14.2. The van der Waals surface area contributed by atoms with Crippen LogP contribution >= 0.6 is 0 Å². The van der Waals surface area contributed by atoms with Crippen molar-refractivity contribution >= 4 is 28.4 Å². The Balaban J connectivity index is 2.62. The predicted octanol–water partition coefficient (Wildman–Crippen LogP) is 7.22. The summed E-state index contributed by atoms with van der Waals surface area (Å²) in [5, 5.41) is 3.17. The number of hydrogen-bond donors (Lipinski definition) is 1. The van der Waals surface area contributed by atoms with Crippen LogP contribution in [0.3, 0.4) is 0 Å². The minimum Gasteiger partial charge on any atom is -0.472 e. The number of hydrogen-bond acceptors (Lipinski definition) is 5. The number of carbonyl (C=O) groups excluding carboxylic acids is 2. The van der Waals surface area contributed by atoms with E-state index in [1.165, 1.54) is 12.5 Å². The summed E-state index contributed by atoms with van der Waals surface area (Å²) in [5.74, 6) is -0.450. The number of likely N-dealkylation sites (tertiary alicyclic amines) is 1. The summed E-state index contributed by atoms with van der Waals surface area (Å²) < 4.78 is 19.2. The summed E-state index contributed by atoms with van der Waals surface area (Å²) in [7, 11) is -4.61. The van der Waals surface area contributed by atoms with E-state index in [2.05, 4.69) is 93.8 Å². The molecule has 0 aromatic carbocycles. The van der Waals surface area contributed by atoms with Gasteiger partial charge in [-0.1, -0.05) is 62.3 Å². The largest absolute Gasteiger partial charge is 0.472 e. The van der Waals surface area contributed by atoms with Crippen LogP contribution in [0.1, 0.15) is 92.9 Å². The van der Waals surface area contributed by atoms with E-state index in [9.17, 15) is 9.59 Å². The van der Waals surface area contributed by atoms with Gasteiger partial charge in [0.2, 0.25) is 5.91 Å². The second-order valence-electron chi connectivity index (χ2n) is 16.3. The highest BCUT2D eigenvalue weighted by Crippen LogP contribution is 2.43. The Labute approximate surface area is 240 Å². The average molecular weight is 581 g/mol. The van der Waals surface area contributed by atoms with Crippen LogP contribution < -0.4 is 5.32 Å². The highest BCUT2D eigenvalue weighted by atomic mass is 28.4. The molecular formula is C30H56N2O5Si2. The maximum absolute atomic E-state index is 14.2. The molecular weight excluding hydrogens is 525 g/mol. The van der Waals surface area contributed by atoms with Gasteiger partial charge in [-0.2, -0.15) is 0 Å². The number of nitrogens with zero attached hydrogens (tertiary/aromatic N) is 1. The van der Waals surface area contributed by atoms with Crippen LogP contribution in [-0.2, 0) is 13.6 Å². The third kappa shape index (κ3) is 8.30. The number of carbonyl (C=O) groups is 2. The van der Waals surface area contributed by atoms with Crippen molar-refractivity contribution in [3.8, 4) is 0 Å². The van der Waals surface area contributed by atoms with Crippen molar-refractivity contribution in [3.63, 3.8) is 0 Å². The quantitative estimate of drug-likeness (QED) is 0.329. The average Bonchev–Trinajstić information content (AvgIpc) is 3.31. The molecule has 3 atom stereocenters. The molecule has 9 heteroatoms. The molecule has 2 amide bonds. The number of nitrogens with one attached hydrogen (secondary N) is 1. The molecule has 0 aliphatic carbocycles. The Morgan fingerprint density at radius 1 is 0.923 bits per heavy atom. The zero-order valence-corrected chi connectivity index (χ0v) is 29.4. The second kappa shape index (κ2) is 11.1. The summed E-state index contributed by atoms with van der Waals surface area (Å²) in [6.45, 7) is 32.8. The minimum atomic E-state index is -2.35. The fourth-order valence-corrected chi connectivity index (χ4v) is 7.57. The molecule has 1 aromatic heterocycles. The molecule has 7 nitrogen and oxygen atoms in total. The van der Waals surface area contributed by atoms with Gasteiger partial charge in [-0.05, 0) is 68.0 Å². The molecule has 1 saturated heterocycles. The Bertz CT molecular complexity index is 998. The van der Waals surface area contributed by atoms with Crippen LogP contribution in [0.25, 0.3) is 0 Å². The normalized spacial score (nSPS) is 21.8. The monoisotopic (exact) mass is 580 g/mol. The lowest BCUT2D eigenvalue weighted by Crippen LogP contribution is -2.59. The lowest BCUT2D eigenvalue weighted by atomic mass is 9.81. The van der Waals surface area contributed by atoms with E-state index in [1.807, 2.05) is 13.8 Å². The summed E-state index contributed by atoms with van der Waals surface area (Å²) in [5.41, 5.74) is -0.0376. The second-order valence-corrected chi connectivity index (χ2v) is 25.8. The third-order valence-electron chi connectivity index (χ3n) is 8.61. The van der Waals surface area contributed by atoms with Gasteiger partial charge in [0.15, 0.2) is 16.6 Å². The van der Waals surface area contributed by atoms with Crippen molar-refractivity contribution < 1.29 is 22.9 Å². The standard InChI is InChI=1S/C30H56N2O5Si2/c1-27(2,3)20-30(10,11)31-25(33)23-24(37-39(14,15)29(7,8)9)22(36-38(12,13)28(4,5)6)18-32(23)26(34)21-16-17-35-19-21/h16-17,19,22-24H,18,20H2,1-15H3,(H,31,33)/t22-,23?,24+/m0/s1. The highest BCUT2D eigenvalue weighted by molar-refractivity contribution is 6.74. The molecule has 1 aliphatic heterocycles. The van der Waals surface area contributed by atoms with Gasteiger partial charge in [-0.25, -0.2) is 0 Å². The Hall–Kier alpha value is -1.43. The molecule has 0 bridgehead atoms. The summed E-state index contributed by atoms with van der Waals surface area (Å²) in [6.07, 6.45) is 2.70. The van der Waals surface area contributed by atoms with Crippen molar-refractivity contribution in [2.24, 2.45) is 5.41 Å². The molecule has 1 fully saturated rings. The summed E-state index contributed by atoms with van der Waals surface area (Å²) >= 11 is 0. The Kier molecular flexibility index (Phi) is 9.61. The van der Waals surface area contributed by atoms with Gasteiger partial charge in [-0.15, -0.1) is 0 Å². The fourth-order valence-electron chi connectivity index (χ4n) is 4.94. The van der Waals surface area contributed by atoms with Gasteiger partial charge in [-0.3, -0.25) is 9.59 Å². The van der Waals surface area contributed by atoms with Gasteiger partial charge in [0.25, 0.3) is 5.91 Å². The van der Waals surface area contributed by atoms with E-state index in [-0.39, 0.29) is 33.9 Å². The van der Waals surface area contributed by atoms with E-state index in [0.29, 0.717) is 5.56 Å². The number of rotatable bonds is 8. The van der Waals surface area contributed by atoms with Crippen molar-refractivity contribution in [1.82, 2.24) is 10.2 Å². The van der Waals surface area contributed by atoms with E-state index >= 15 is 0 Å². The van der Waals surface area contributed by atoms with Crippen molar-refractivity contribution in [2.45, 2.75) is 143 Å². The molecule has 1 unspecified atom stereocenters. The van der Waals surface area contributed by atoms with Gasteiger partial charge in [0, 0.05) is 12.1 Å². The van der Waals surface area contributed by atoms with E-state index in [4.69, 9.17) is 13.3 Å².